The maximum atomic E-state index is 9.60. The van der Waals surface area contributed by atoms with Gasteiger partial charge in [0.2, 0.25) is 11.3 Å². The zero-order valence-corrected chi connectivity index (χ0v) is 4.25. The quantitative estimate of drug-likeness (QED) is 0.495. The largest absolute Gasteiger partial charge is 0.278 e. The van der Waals surface area contributed by atoms with Crippen molar-refractivity contribution in [3.05, 3.63) is 0 Å². The second-order valence-electron chi connectivity index (χ2n) is 0.641. The van der Waals surface area contributed by atoms with Gasteiger partial charge in [0.05, 0.1) is 6.61 Å². The van der Waals surface area contributed by atoms with Crippen LogP contribution in [-0.4, -0.2) is 10.8 Å². The Morgan fingerprint density at radius 1 is 2.00 bits per heavy atom. The maximum absolute atomic E-state index is 9.60. The lowest BCUT2D eigenvalue weighted by molar-refractivity contribution is 0.371. The van der Waals surface area contributed by atoms with Crippen LogP contribution in [0.5, 0.6) is 0 Å². The number of rotatable bonds is 2. The molecule has 0 aliphatic carbocycles. The van der Waals surface area contributed by atoms with E-state index in [-0.39, 0.29) is 0 Å². The molecule has 0 bridgehead atoms. The van der Waals surface area contributed by atoms with E-state index in [9.17, 15) is 4.21 Å². The molecular weight excluding hydrogens is 102 g/mol. The van der Waals surface area contributed by atoms with Crippen molar-refractivity contribution in [1.29, 1.82) is 0 Å². The Morgan fingerprint density at radius 2 is 2.50 bits per heavy atom. The van der Waals surface area contributed by atoms with E-state index in [1.165, 1.54) is 0 Å². The van der Waals surface area contributed by atoms with Gasteiger partial charge >= 0.3 is 0 Å². The monoisotopic (exact) mass is 108 g/mol. The lowest BCUT2D eigenvalue weighted by Crippen LogP contribution is -1.94. The summed E-state index contributed by atoms with van der Waals surface area (Å²) in [5.41, 5.74) is 0. The zero-order chi connectivity index (χ0) is 4.99. The summed E-state index contributed by atoms with van der Waals surface area (Å²) in [6.45, 7) is 2.03. The van der Waals surface area contributed by atoms with E-state index in [1.807, 2.05) is 0 Å². The van der Waals surface area contributed by atoms with E-state index >= 15 is 0 Å². The third-order valence-corrected chi connectivity index (χ3v) is 0.675. The van der Waals surface area contributed by atoms with Crippen LogP contribution in [0.3, 0.4) is 0 Å². The van der Waals surface area contributed by atoms with Gasteiger partial charge in [-0.25, -0.2) is 4.21 Å². The molecule has 1 atom stereocenters. The molecule has 0 fully saturated rings. The number of hydrogen-bond donors (Lipinski definition) is 0. The second kappa shape index (κ2) is 3.27. The van der Waals surface area contributed by atoms with Gasteiger partial charge in [0.1, 0.15) is 0 Å². The first-order chi connectivity index (χ1) is 2.77. The predicted molar refractivity (Wildman–Crippen MR) is 22.9 cm³/mol. The Hall–Kier alpha value is 0.0700. The molecule has 0 aromatic rings. The summed E-state index contributed by atoms with van der Waals surface area (Å²) in [7, 11) is 0. The Bertz CT molecular complexity index is 55.5. The molecule has 3 nitrogen and oxygen atoms in total. The minimum absolute atomic E-state index is 0.343. The SMILES string of the molecule is CCOS([NH])=O. The summed E-state index contributed by atoms with van der Waals surface area (Å²) >= 11 is -1.82. The fourth-order valence-electron chi connectivity index (χ4n) is 0.107. The average molecular weight is 108 g/mol. The van der Waals surface area contributed by atoms with E-state index in [4.69, 9.17) is 5.14 Å². The first-order valence-corrected chi connectivity index (χ1v) is 2.61. The standard InChI is InChI=1S/C2H6NO2S/c1-2-5-6(3)4/h3H,2H2,1H3. The third-order valence-electron chi connectivity index (χ3n) is 0.225. The molecule has 4 heteroatoms. The third kappa shape index (κ3) is 4.07. The minimum Gasteiger partial charge on any atom is -0.278 e. The lowest BCUT2D eigenvalue weighted by Gasteiger charge is -1.85. The molecule has 0 spiro atoms. The van der Waals surface area contributed by atoms with Gasteiger partial charge < -0.3 is 0 Å². The summed E-state index contributed by atoms with van der Waals surface area (Å²) < 4.78 is 13.8. The summed E-state index contributed by atoms with van der Waals surface area (Å²) in [4.78, 5) is 0. The van der Waals surface area contributed by atoms with Crippen molar-refractivity contribution in [1.82, 2.24) is 5.14 Å². The summed E-state index contributed by atoms with van der Waals surface area (Å²) in [5, 5.41) is 6.23. The van der Waals surface area contributed by atoms with Crippen molar-refractivity contribution in [2.24, 2.45) is 0 Å². The molecule has 0 amide bonds. The van der Waals surface area contributed by atoms with Gasteiger partial charge in [-0.05, 0) is 6.92 Å². The highest BCUT2D eigenvalue weighted by molar-refractivity contribution is 7.77. The molecule has 0 aromatic heterocycles. The summed E-state index contributed by atoms with van der Waals surface area (Å²) in [6.07, 6.45) is 0. The summed E-state index contributed by atoms with van der Waals surface area (Å²) in [6, 6.07) is 0. The van der Waals surface area contributed by atoms with Gasteiger partial charge in [0.15, 0.2) is 0 Å². The fraction of sp³-hybridized carbons (Fsp3) is 1.00. The topological polar surface area (TPSA) is 50.1 Å². The molecule has 6 heavy (non-hydrogen) atoms. The van der Waals surface area contributed by atoms with Crippen LogP contribution in [-0.2, 0) is 15.4 Å². The van der Waals surface area contributed by atoms with Crippen LogP contribution in [0.15, 0.2) is 0 Å². The van der Waals surface area contributed by atoms with Crippen LogP contribution in [0.2, 0.25) is 0 Å². The molecule has 1 radical (unpaired) electrons. The molecule has 37 valence electrons. The molecule has 1 unspecified atom stereocenters. The summed E-state index contributed by atoms with van der Waals surface area (Å²) in [5.74, 6) is 0. The minimum atomic E-state index is -1.82. The lowest BCUT2D eigenvalue weighted by atomic mass is 10.9. The van der Waals surface area contributed by atoms with Gasteiger partial charge in [-0.2, -0.15) is 0 Å². The van der Waals surface area contributed by atoms with Crippen molar-refractivity contribution in [3.8, 4) is 0 Å². The van der Waals surface area contributed by atoms with Crippen molar-refractivity contribution in [2.45, 2.75) is 6.92 Å². The van der Waals surface area contributed by atoms with Crippen LogP contribution >= 0.6 is 0 Å². The molecule has 0 aliphatic heterocycles. The van der Waals surface area contributed by atoms with E-state index in [1.54, 1.807) is 6.92 Å². The van der Waals surface area contributed by atoms with Crippen LogP contribution in [0.4, 0.5) is 0 Å². The van der Waals surface area contributed by atoms with Crippen molar-refractivity contribution in [2.75, 3.05) is 6.61 Å². The van der Waals surface area contributed by atoms with E-state index in [2.05, 4.69) is 4.18 Å². The molecule has 0 rings (SSSR count). The van der Waals surface area contributed by atoms with Crippen LogP contribution < -0.4 is 5.14 Å². The second-order valence-corrected chi connectivity index (χ2v) is 1.35. The van der Waals surface area contributed by atoms with Crippen molar-refractivity contribution >= 4 is 11.3 Å². The smallest absolute Gasteiger partial charge is 0.249 e. The van der Waals surface area contributed by atoms with E-state index in [0.29, 0.717) is 6.61 Å². The maximum Gasteiger partial charge on any atom is 0.249 e. The van der Waals surface area contributed by atoms with Crippen LogP contribution in [0.25, 0.3) is 0 Å². The first kappa shape index (κ1) is 6.07. The normalized spacial score (nSPS) is 14.3. The zero-order valence-electron chi connectivity index (χ0n) is 3.43. The molecule has 0 saturated carbocycles. The molecule has 0 aliphatic rings. The first-order valence-electron chi connectivity index (χ1n) is 1.53. The van der Waals surface area contributed by atoms with Crippen molar-refractivity contribution in [3.63, 3.8) is 0 Å². The van der Waals surface area contributed by atoms with Gasteiger partial charge in [-0.15, -0.1) is 5.14 Å². The Kier molecular flexibility index (Phi) is 3.31. The number of hydrogen-bond acceptors (Lipinski definition) is 2. The fourth-order valence-corrected chi connectivity index (χ4v) is 0.321. The van der Waals surface area contributed by atoms with Crippen LogP contribution in [0, 0.1) is 0 Å². The van der Waals surface area contributed by atoms with Gasteiger partial charge in [-0.1, -0.05) is 0 Å². The highest BCUT2D eigenvalue weighted by atomic mass is 32.2. The Morgan fingerprint density at radius 3 is 2.50 bits per heavy atom. The Labute approximate surface area is 39.3 Å². The molecule has 0 aromatic carbocycles. The van der Waals surface area contributed by atoms with Crippen molar-refractivity contribution < 1.29 is 8.39 Å². The predicted octanol–water partition coefficient (Wildman–Crippen LogP) is -0.115. The van der Waals surface area contributed by atoms with E-state index in [0.717, 1.165) is 0 Å². The van der Waals surface area contributed by atoms with Gasteiger partial charge in [0.25, 0.3) is 0 Å². The molecule has 0 heterocycles. The van der Waals surface area contributed by atoms with Gasteiger partial charge in [0, 0.05) is 0 Å². The van der Waals surface area contributed by atoms with E-state index < -0.39 is 11.3 Å². The average Bonchev–Trinajstić information content (AvgIpc) is 1.35. The Balaban J connectivity index is 2.83. The molecule has 1 N–H and O–H groups in total. The van der Waals surface area contributed by atoms with Crippen LogP contribution in [0.1, 0.15) is 6.92 Å². The molecule has 0 saturated heterocycles. The molecular formula is C2H6NO2S. The number of nitrogens with one attached hydrogen (secondary N) is 1. The van der Waals surface area contributed by atoms with Gasteiger partial charge in [-0.3, -0.25) is 4.18 Å². The highest BCUT2D eigenvalue weighted by Gasteiger charge is 1.81. The highest BCUT2D eigenvalue weighted by Crippen LogP contribution is 1.71.